The predicted octanol–water partition coefficient (Wildman–Crippen LogP) is 2.91. The van der Waals surface area contributed by atoms with Gasteiger partial charge in [0.05, 0.1) is 25.4 Å². The van der Waals surface area contributed by atoms with Gasteiger partial charge in [0.2, 0.25) is 0 Å². The van der Waals surface area contributed by atoms with Crippen LogP contribution in [0.2, 0.25) is 0 Å². The van der Waals surface area contributed by atoms with Crippen LogP contribution in [-0.4, -0.2) is 29.5 Å². The van der Waals surface area contributed by atoms with Crippen molar-refractivity contribution in [3.05, 3.63) is 54.1 Å². The van der Waals surface area contributed by atoms with E-state index in [1.165, 1.54) is 0 Å². The minimum atomic E-state index is -0.287. The van der Waals surface area contributed by atoms with Crippen LogP contribution in [0.15, 0.2) is 42.6 Å². The number of benzene rings is 1. The van der Waals surface area contributed by atoms with E-state index in [4.69, 9.17) is 9.47 Å². The topological polar surface area (TPSA) is 64.9 Å². The van der Waals surface area contributed by atoms with Crippen molar-refractivity contribution in [3.63, 3.8) is 0 Å². The summed E-state index contributed by atoms with van der Waals surface area (Å²) >= 11 is 0. The number of nitrogens with one attached hydrogen (secondary N) is 1. The molecule has 0 saturated carbocycles. The molecule has 1 N–H and O–H groups in total. The lowest BCUT2D eigenvalue weighted by atomic mass is 10.2. The van der Waals surface area contributed by atoms with Crippen molar-refractivity contribution in [2.24, 2.45) is 0 Å². The summed E-state index contributed by atoms with van der Waals surface area (Å²) in [5, 5.41) is 2.84. The van der Waals surface area contributed by atoms with E-state index in [1.807, 2.05) is 35.7 Å². The maximum absolute atomic E-state index is 12.6. The number of anilines is 1. The quantitative estimate of drug-likeness (QED) is 0.804. The van der Waals surface area contributed by atoms with Gasteiger partial charge in [-0.2, -0.15) is 0 Å². The fourth-order valence-electron chi connectivity index (χ4n) is 2.44. The molecular weight excluding hydrogens is 294 g/mol. The van der Waals surface area contributed by atoms with Gasteiger partial charge in [0, 0.05) is 12.3 Å². The average molecular weight is 311 g/mol. The number of carbonyl (C=O) groups excluding carboxylic acids is 1. The highest BCUT2D eigenvalue weighted by atomic mass is 16.5. The summed E-state index contributed by atoms with van der Waals surface area (Å²) in [5.41, 5.74) is 1.70. The highest BCUT2D eigenvalue weighted by Crippen LogP contribution is 2.29. The normalized spacial score (nSPS) is 10.6. The Morgan fingerprint density at radius 1 is 1.17 bits per heavy atom. The Hall–Kier alpha value is -3.02. The number of amides is 1. The van der Waals surface area contributed by atoms with Gasteiger partial charge in [0.25, 0.3) is 5.91 Å². The molecule has 0 fully saturated rings. The van der Waals surface area contributed by atoms with Crippen LogP contribution in [0, 0.1) is 6.92 Å². The number of ether oxygens (including phenoxy) is 2. The molecule has 0 aliphatic rings. The van der Waals surface area contributed by atoms with Crippen LogP contribution >= 0.6 is 0 Å². The molecule has 6 heteroatoms. The number of rotatable bonds is 4. The molecule has 0 radical (unpaired) electrons. The lowest BCUT2D eigenvalue weighted by Crippen LogP contribution is -2.13. The number of fused-ring (bicyclic) bond motifs is 1. The Balaban J connectivity index is 1.95. The summed E-state index contributed by atoms with van der Waals surface area (Å²) in [4.78, 5) is 17.0. The minimum absolute atomic E-state index is 0.287. The zero-order valence-corrected chi connectivity index (χ0v) is 13.2. The lowest BCUT2D eigenvalue weighted by molar-refractivity contribution is 0.102. The third-order valence-electron chi connectivity index (χ3n) is 3.60. The third kappa shape index (κ3) is 2.70. The first-order valence-electron chi connectivity index (χ1n) is 7.11. The average Bonchev–Trinajstić information content (AvgIpc) is 2.92. The number of pyridine rings is 1. The first-order valence-corrected chi connectivity index (χ1v) is 7.11. The van der Waals surface area contributed by atoms with Crippen LogP contribution in [-0.2, 0) is 0 Å². The van der Waals surface area contributed by atoms with Crippen LogP contribution < -0.4 is 14.8 Å². The summed E-state index contributed by atoms with van der Waals surface area (Å²) in [6.07, 6.45) is 1.88. The first kappa shape index (κ1) is 14.9. The van der Waals surface area contributed by atoms with Gasteiger partial charge in [-0.1, -0.05) is 6.07 Å². The molecular formula is C17H17N3O3. The van der Waals surface area contributed by atoms with E-state index in [9.17, 15) is 4.79 Å². The SMILES string of the molecule is COc1ccc(NC(=O)c2nc(C)n3ccccc23)c(OC)c1. The summed E-state index contributed by atoms with van der Waals surface area (Å²) in [6, 6.07) is 10.8. The summed E-state index contributed by atoms with van der Waals surface area (Å²) in [5.74, 6) is 1.65. The van der Waals surface area contributed by atoms with Crippen LogP contribution in [0.25, 0.3) is 5.52 Å². The zero-order valence-electron chi connectivity index (χ0n) is 13.2. The molecule has 0 saturated heterocycles. The second-order valence-corrected chi connectivity index (χ2v) is 4.98. The van der Waals surface area contributed by atoms with Crippen LogP contribution in [0.1, 0.15) is 16.3 Å². The molecule has 0 aliphatic heterocycles. The second kappa shape index (κ2) is 6.00. The smallest absolute Gasteiger partial charge is 0.276 e. The Labute approximate surface area is 133 Å². The maximum Gasteiger partial charge on any atom is 0.276 e. The molecule has 2 aromatic heterocycles. The molecule has 1 aromatic carbocycles. The fourth-order valence-corrected chi connectivity index (χ4v) is 2.44. The molecule has 0 bridgehead atoms. The van der Waals surface area contributed by atoms with E-state index in [0.717, 1.165) is 11.3 Å². The molecule has 3 aromatic rings. The molecule has 2 heterocycles. The van der Waals surface area contributed by atoms with E-state index in [2.05, 4.69) is 10.3 Å². The molecule has 0 unspecified atom stereocenters. The number of hydrogen-bond donors (Lipinski definition) is 1. The standard InChI is InChI=1S/C17H17N3O3/c1-11-18-16(14-6-4-5-9-20(11)14)17(21)19-13-8-7-12(22-2)10-15(13)23-3/h4-10H,1-3H3,(H,19,21). The predicted molar refractivity (Wildman–Crippen MR) is 87.4 cm³/mol. The largest absolute Gasteiger partial charge is 0.497 e. The van der Waals surface area contributed by atoms with Gasteiger partial charge >= 0.3 is 0 Å². The third-order valence-corrected chi connectivity index (χ3v) is 3.60. The number of nitrogens with zero attached hydrogens (tertiary/aromatic N) is 2. The van der Waals surface area contributed by atoms with Crippen molar-refractivity contribution in [1.29, 1.82) is 0 Å². The summed E-state index contributed by atoms with van der Waals surface area (Å²) in [6.45, 7) is 1.86. The number of aryl methyl sites for hydroxylation is 1. The van der Waals surface area contributed by atoms with Crippen molar-refractivity contribution in [2.75, 3.05) is 19.5 Å². The summed E-state index contributed by atoms with van der Waals surface area (Å²) in [7, 11) is 3.12. The van der Waals surface area contributed by atoms with Crippen LogP contribution in [0.3, 0.4) is 0 Å². The lowest BCUT2D eigenvalue weighted by Gasteiger charge is -2.11. The van der Waals surface area contributed by atoms with Gasteiger partial charge in [-0.15, -0.1) is 0 Å². The number of hydrogen-bond acceptors (Lipinski definition) is 4. The van der Waals surface area contributed by atoms with Crippen molar-refractivity contribution in [3.8, 4) is 11.5 Å². The second-order valence-electron chi connectivity index (χ2n) is 4.98. The number of imidazole rings is 1. The highest BCUT2D eigenvalue weighted by molar-refractivity contribution is 6.08. The fraction of sp³-hybridized carbons (Fsp3) is 0.176. The Bertz CT molecular complexity index is 871. The summed E-state index contributed by atoms with van der Waals surface area (Å²) < 4.78 is 12.3. The van der Waals surface area contributed by atoms with Crippen molar-refractivity contribution in [2.45, 2.75) is 6.92 Å². The molecule has 1 amide bonds. The van der Waals surface area contributed by atoms with Gasteiger partial charge in [-0.05, 0) is 31.2 Å². The van der Waals surface area contributed by atoms with Crippen molar-refractivity contribution < 1.29 is 14.3 Å². The molecule has 3 rings (SSSR count). The van der Waals surface area contributed by atoms with E-state index in [1.54, 1.807) is 32.4 Å². The van der Waals surface area contributed by atoms with Crippen LogP contribution in [0.5, 0.6) is 11.5 Å². The van der Waals surface area contributed by atoms with Gasteiger partial charge in [-0.3, -0.25) is 4.79 Å². The molecule has 0 spiro atoms. The van der Waals surface area contributed by atoms with Gasteiger partial charge in [0.1, 0.15) is 17.3 Å². The highest BCUT2D eigenvalue weighted by Gasteiger charge is 2.17. The molecule has 118 valence electrons. The van der Waals surface area contributed by atoms with Gasteiger partial charge in [0.15, 0.2) is 5.69 Å². The van der Waals surface area contributed by atoms with E-state index in [0.29, 0.717) is 22.9 Å². The van der Waals surface area contributed by atoms with Crippen molar-refractivity contribution in [1.82, 2.24) is 9.38 Å². The van der Waals surface area contributed by atoms with Crippen molar-refractivity contribution >= 4 is 17.1 Å². The van der Waals surface area contributed by atoms with E-state index < -0.39 is 0 Å². The molecule has 6 nitrogen and oxygen atoms in total. The molecule has 23 heavy (non-hydrogen) atoms. The number of aromatic nitrogens is 2. The molecule has 0 aliphatic carbocycles. The Morgan fingerprint density at radius 3 is 2.74 bits per heavy atom. The number of carbonyl (C=O) groups is 1. The van der Waals surface area contributed by atoms with Gasteiger partial charge in [-0.25, -0.2) is 4.98 Å². The Kier molecular flexibility index (Phi) is 3.89. The van der Waals surface area contributed by atoms with E-state index in [-0.39, 0.29) is 5.91 Å². The first-order chi connectivity index (χ1) is 11.1. The van der Waals surface area contributed by atoms with E-state index >= 15 is 0 Å². The molecule has 0 atom stereocenters. The van der Waals surface area contributed by atoms with Gasteiger partial charge < -0.3 is 19.2 Å². The van der Waals surface area contributed by atoms with Crippen LogP contribution in [0.4, 0.5) is 5.69 Å². The number of methoxy groups -OCH3 is 2. The monoisotopic (exact) mass is 311 g/mol. The zero-order chi connectivity index (χ0) is 16.4. The maximum atomic E-state index is 12.6. The minimum Gasteiger partial charge on any atom is -0.497 e. The Morgan fingerprint density at radius 2 is 2.00 bits per heavy atom.